The number of hydrogen-bond acceptors (Lipinski definition) is 8. The quantitative estimate of drug-likeness (QED) is 0.262. The fourth-order valence-electron chi connectivity index (χ4n) is 4.61. The fourth-order valence-corrected chi connectivity index (χ4v) is 4.61. The van der Waals surface area contributed by atoms with Crippen molar-refractivity contribution in [3.05, 3.63) is 42.0 Å². The first-order valence-corrected chi connectivity index (χ1v) is 13.4. The molecule has 13 heteroatoms. The van der Waals surface area contributed by atoms with Gasteiger partial charge in [-0.15, -0.1) is 0 Å². The van der Waals surface area contributed by atoms with Crippen molar-refractivity contribution < 1.29 is 38.3 Å². The first-order chi connectivity index (χ1) is 19.5. The second kappa shape index (κ2) is 14.3. The number of ether oxygens (including phenoxy) is 1. The minimum absolute atomic E-state index is 0.260. The van der Waals surface area contributed by atoms with E-state index in [1.807, 2.05) is 6.92 Å². The maximum absolute atomic E-state index is 13.0. The predicted molar refractivity (Wildman–Crippen MR) is 146 cm³/mol. The minimum Gasteiger partial charge on any atom is -0.377 e. The predicted octanol–water partition coefficient (Wildman–Crippen LogP) is 0.0331. The van der Waals surface area contributed by atoms with Gasteiger partial charge >= 0.3 is 0 Å². The lowest BCUT2D eigenvalue weighted by atomic mass is 9.94. The number of rotatable bonds is 14. The Balaban J connectivity index is 1.57. The Bertz CT molecular complexity index is 1210. The van der Waals surface area contributed by atoms with Gasteiger partial charge in [0.1, 0.15) is 12.6 Å². The summed E-state index contributed by atoms with van der Waals surface area (Å²) in [6.07, 6.45) is 2.30. The van der Waals surface area contributed by atoms with Gasteiger partial charge in [0.15, 0.2) is 5.78 Å². The van der Waals surface area contributed by atoms with E-state index in [-0.39, 0.29) is 19.4 Å². The van der Waals surface area contributed by atoms with Gasteiger partial charge in [0.05, 0.1) is 18.6 Å². The van der Waals surface area contributed by atoms with Crippen molar-refractivity contribution in [2.75, 3.05) is 25.0 Å². The van der Waals surface area contributed by atoms with Crippen LogP contribution in [-0.4, -0.2) is 82.8 Å². The lowest BCUT2D eigenvalue weighted by Gasteiger charge is -2.27. The average Bonchev–Trinajstić information content (AvgIpc) is 3.55. The summed E-state index contributed by atoms with van der Waals surface area (Å²) in [5.74, 6) is -5.22. The normalized spacial score (nSPS) is 17.9. The van der Waals surface area contributed by atoms with Crippen LogP contribution in [0.25, 0.3) is 0 Å². The van der Waals surface area contributed by atoms with Gasteiger partial charge in [0.2, 0.25) is 23.6 Å². The maximum Gasteiger partial charge on any atom is 0.254 e. The molecule has 3 rings (SSSR count). The first-order valence-electron chi connectivity index (χ1n) is 13.4. The van der Waals surface area contributed by atoms with Gasteiger partial charge in [-0.3, -0.25) is 38.5 Å². The Hall–Kier alpha value is -4.39. The molecule has 1 aromatic carbocycles. The van der Waals surface area contributed by atoms with Crippen LogP contribution in [0.4, 0.5) is 5.69 Å². The number of anilines is 1. The van der Waals surface area contributed by atoms with Gasteiger partial charge in [0.25, 0.3) is 11.8 Å². The highest BCUT2D eigenvalue weighted by Crippen LogP contribution is 2.20. The van der Waals surface area contributed by atoms with Crippen LogP contribution >= 0.6 is 0 Å². The van der Waals surface area contributed by atoms with Crippen LogP contribution in [0.5, 0.6) is 0 Å². The van der Waals surface area contributed by atoms with E-state index in [4.69, 9.17) is 10.5 Å². The van der Waals surface area contributed by atoms with E-state index in [0.29, 0.717) is 31.7 Å². The molecule has 2 aliphatic heterocycles. The molecule has 0 aliphatic carbocycles. The smallest absolute Gasteiger partial charge is 0.254 e. The Labute approximate surface area is 237 Å². The number of benzene rings is 1. The summed E-state index contributed by atoms with van der Waals surface area (Å²) in [7, 11) is 0. The number of primary amides is 1. The molecule has 1 aromatic rings. The van der Waals surface area contributed by atoms with Gasteiger partial charge in [-0.05, 0) is 44.4 Å². The van der Waals surface area contributed by atoms with E-state index in [0.717, 1.165) is 22.6 Å². The third-order valence-electron chi connectivity index (χ3n) is 6.87. The number of Topliss-reactive ketones (excluding diaryl/α,β-unsaturated/α-hetero) is 1. The molecule has 2 heterocycles. The largest absolute Gasteiger partial charge is 0.377 e. The molecule has 220 valence electrons. The van der Waals surface area contributed by atoms with Gasteiger partial charge < -0.3 is 26.0 Å². The molecule has 0 saturated carbocycles. The molecule has 3 atom stereocenters. The molecule has 2 aliphatic rings. The van der Waals surface area contributed by atoms with Crippen LogP contribution < -0.4 is 16.4 Å². The number of likely N-dealkylation sites (tertiary alicyclic amines) is 1. The van der Waals surface area contributed by atoms with Crippen molar-refractivity contribution >= 4 is 46.9 Å². The van der Waals surface area contributed by atoms with Gasteiger partial charge in [-0.25, -0.2) is 0 Å². The second-order valence-electron chi connectivity index (χ2n) is 9.93. The summed E-state index contributed by atoms with van der Waals surface area (Å²) >= 11 is 0. The fraction of sp³-hybridized carbons (Fsp3) is 0.464. The van der Waals surface area contributed by atoms with Crippen molar-refractivity contribution in [1.82, 2.24) is 15.1 Å². The van der Waals surface area contributed by atoms with E-state index in [1.54, 1.807) is 24.3 Å². The summed E-state index contributed by atoms with van der Waals surface area (Å²) in [5.41, 5.74) is 6.71. The minimum atomic E-state index is -1.06. The van der Waals surface area contributed by atoms with E-state index < -0.39 is 65.8 Å². The highest BCUT2D eigenvalue weighted by Gasteiger charge is 2.37. The molecule has 0 bridgehead atoms. The SMILES string of the molecule is CCOCc1ccc(NC(=O)[C@H](CC(N)=O)CC(=O)[C@H](C)NC(=O)C2CCCN2C(=O)CN2C(=O)C=CC2=O)cc1. The molecular formula is C28H35N5O8. The number of hydrogen-bond donors (Lipinski definition) is 3. The van der Waals surface area contributed by atoms with Crippen LogP contribution in [0.3, 0.4) is 0 Å². The standard InChI is InChI=1S/C28H35N5O8/c1-3-41-16-18-6-8-20(9-7-18)31-27(39)19(14-23(29)35)13-22(34)17(2)30-28(40)21-5-4-12-32(21)26(38)15-33-24(36)10-11-25(33)37/h6-11,17,19,21H,3-5,12-16H2,1-2H3,(H2,29,35)(H,30,40)(H,31,39)/t17-,19-,21?/m0/s1. The van der Waals surface area contributed by atoms with Crippen LogP contribution in [0, 0.1) is 5.92 Å². The number of nitrogens with zero attached hydrogens (tertiary/aromatic N) is 2. The number of imide groups is 1. The number of nitrogens with two attached hydrogens (primary N) is 1. The Morgan fingerprint density at radius 2 is 1.71 bits per heavy atom. The summed E-state index contributed by atoms with van der Waals surface area (Å²) in [4.78, 5) is 89.0. The molecule has 0 spiro atoms. The molecule has 1 unspecified atom stereocenters. The number of carbonyl (C=O) groups excluding carboxylic acids is 7. The summed E-state index contributed by atoms with van der Waals surface area (Å²) in [6, 6.07) is 5.02. The molecule has 0 radical (unpaired) electrons. The Morgan fingerprint density at radius 1 is 1.05 bits per heavy atom. The zero-order valence-electron chi connectivity index (χ0n) is 23.1. The molecule has 0 aromatic heterocycles. The van der Waals surface area contributed by atoms with Gasteiger partial charge in [-0.2, -0.15) is 0 Å². The van der Waals surface area contributed by atoms with E-state index in [9.17, 15) is 33.6 Å². The highest BCUT2D eigenvalue weighted by atomic mass is 16.5. The highest BCUT2D eigenvalue weighted by molar-refractivity contribution is 6.14. The molecule has 6 amide bonds. The molecule has 41 heavy (non-hydrogen) atoms. The van der Waals surface area contributed by atoms with Gasteiger partial charge in [-0.1, -0.05) is 12.1 Å². The van der Waals surface area contributed by atoms with Crippen molar-refractivity contribution in [3.63, 3.8) is 0 Å². The topological polar surface area (TPSA) is 185 Å². The molecule has 4 N–H and O–H groups in total. The maximum atomic E-state index is 13.0. The summed E-state index contributed by atoms with van der Waals surface area (Å²) in [5, 5.41) is 5.27. The number of ketones is 1. The summed E-state index contributed by atoms with van der Waals surface area (Å²) < 4.78 is 5.35. The molecule has 1 fully saturated rings. The number of nitrogens with one attached hydrogen (secondary N) is 2. The van der Waals surface area contributed by atoms with Crippen LogP contribution in [0.2, 0.25) is 0 Å². The van der Waals surface area contributed by atoms with Crippen LogP contribution in [0.15, 0.2) is 36.4 Å². The lowest BCUT2D eigenvalue weighted by molar-refractivity contribution is -0.146. The number of amides is 6. The zero-order chi connectivity index (χ0) is 30.1. The third kappa shape index (κ3) is 8.55. The van der Waals surface area contributed by atoms with Crippen LogP contribution in [-0.2, 0) is 44.9 Å². The van der Waals surface area contributed by atoms with Crippen molar-refractivity contribution in [1.29, 1.82) is 0 Å². The van der Waals surface area contributed by atoms with Gasteiger partial charge in [0, 0.05) is 43.8 Å². The third-order valence-corrected chi connectivity index (χ3v) is 6.87. The molecular weight excluding hydrogens is 534 g/mol. The van der Waals surface area contributed by atoms with Crippen molar-refractivity contribution in [3.8, 4) is 0 Å². The Kier molecular flexibility index (Phi) is 10.9. The molecule has 13 nitrogen and oxygen atoms in total. The van der Waals surface area contributed by atoms with Crippen LogP contribution in [0.1, 0.15) is 45.1 Å². The van der Waals surface area contributed by atoms with Crippen molar-refractivity contribution in [2.24, 2.45) is 11.7 Å². The second-order valence-corrected chi connectivity index (χ2v) is 9.93. The van der Waals surface area contributed by atoms with E-state index >= 15 is 0 Å². The Morgan fingerprint density at radius 3 is 2.32 bits per heavy atom. The monoisotopic (exact) mass is 569 g/mol. The van der Waals surface area contributed by atoms with E-state index in [1.165, 1.54) is 11.8 Å². The first kappa shape index (κ1) is 31.1. The lowest BCUT2D eigenvalue weighted by Crippen LogP contribution is -2.52. The van der Waals surface area contributed by atoms with E-state index in [2.05, 4.69) is 10.6 Å². The summed E-state index contributed by atoms with van der Waals surface area (Å²) in [6.45, 7) is 4.10. The molecule has 1 saturated heterocycles. The zero-order valence-corrected chi connectivity index (χ0v) is 23.1. The number of carbonyl (C=O) groups is 7. The van der Waals surface area contributed by atoms with Crippen molar-refractivity contribution in [2.45, 2.75) is 58.2 Å². The average molecular weight is 570 g/mol.